The van der Waals surface area contributed by atoms with Crippen molar-refractivity contribution in [2.24, 2.45) is 0 Å². The first-order chi connectivity index (χ1) is 13.0. The second kappa shape index (κ2) is 7.85. The van der Waals surface area contributed by atoms with Crippen LogP contribution in [0.25, 0.3) is 10.9 Å². The predicted octanol–water partition coefficient (Wildman–Crippen LogP) is 4.67. The summed E-state index contributed by atoms with van der Waals surface area (Å²) in [6.45, 7) is 6.61. The molecule has 0 amide bonds. The van der Waals surface area contributed by atoms with E-state index in [2.05, 4.69) is 30.1 Å². The number of pyridine rings is 2. The molecule has 2 aromatic heterocycles. The Hall–Kier alpha value is -2.77. The summed E-state index contributed by atoms with van der Waals surface area (Å²) in [5.41, 5.74) is 5.30. The molecule has 4 heteroatoms. The lowest BCUT2D eigenvalue weighted by Crippen LogP contribution is -2.23. The van der Waals surface area contributed by atoms with Crippen molar-refractivity contribution in [1.29, 1.82) is 5.26 Å². The predicted molar refractivity (Wildman–Crippen MR) is 107 cm³/mol. The quantitative estimate of drug-likeness (QED) is 0.642. The highest BCUT2D eigenvalue weighted by molar-refractivity contribution is 5.80. The van der Waals surface area contributed by atoms with Gasteiger partial charge in [0.15, 0.2) is 0 Å². The summed E-state index contributed by atoms with van der Waals surface area (Å²) in [4.78, 5) is 9.39. The Kier molecular flexibility index (Phi) is 5.53. The zero-order valence-electron chi connectivity index (χ0n) is 16.4. The van der Waals surface area contributed by atoms with Gasteiger partial charge in [0.05, 0.1) is 29.3 Å². The van der Waals surface area contributed by atoms with Crippen LogP contribution in [0.5, 0.6) is 0 Å². The maximum atomic E-state index is 9.96. The fraction of sp³-hybridized carbons (Fsp3) is 0.348. The van der Waals surface area contributed by atoms with Gasteiger partial charge in [-0.25, -0.2) is 0 Å². The molecule has 1 aromatic carbocycles. The molecule has 4 nitrogen and oxygen atoms in total. The first-order valence-electron chi connectivity index (χ1n) is 9.25. The molecule has 0 saturated heterocycles. The van der Waals surface area contributed by atoms with Gasteiger partial charge in [0, 0.05) is 30.3 Å². The maximum absolute atomic E-state index is 9.96. The van der Waals surface area contributed by atoms with Gasteiger partial charge in [0.1, 0.15) is 0 Å². The van der Waals surface area contributed by atoms with Crippen LogP contribution in [0, 0.1) is 18.3 Å². The third kappa shape index (κ3) is 3.99. The molecule has 0 bridgehead atoms. The van der Waals surface area contributed by atoms with Gasteiger partial charge in [-0.3, -0.25) is 9.97 Å². The van der Waals surface area contributed by atoms with Crippen molar-refractivity contribution in [2.75, 3.05) is 7.11 Å². The minimum Gasteiger partial charge on any atom is -0.378 e. The lowest BCUT2D eigenvalue weighted by molar-refractivity contribution is 0.181. The lowest BCUT2D eigenvalue weighted by atomic mass is 9.79. The second-order valence-corrected chi connectivity index (χ2v) is 7.17. The van der Waals surface area contributed by atoms with Crippen molar-refractivity contribution in [2.45, 2.75) is 45.6 Å². The van der Waals surface area contributed by atoms with Crippen LogP contribution in [0.15, 0.2) is 42.5 Å². The third-order valence-corrected chi connectivity index (χ3v) is 5.07. The van der Waals surface area contributed by atoms with E-state index in [4.69, 9.17) is 9.72 Å². The van der Waals surface area contributed by atoms with Crippen molar-refractivity contribution in [3.8, 4) is 6.07 Å². The van der Waals surface area contributed by atoms with Gasteiger partial charge in [-0.1, -0.05) is 25.1 Å². The molecule has 3 aromatic rings. The second-order valence-electron chi connectivity index (χ2n) is 7.17. The Morgan fingerprint density at radius 3 is 2.59 bits per heavy atom. The van der Waals surface area contributed by atoms with Gasteiger partial charge in [0.2, 0.25) is 0 Å². The zero-order chi connectivity index (χ0) is 19.4. The molecule has 0 aliphatic heterocycles. The molecule has 0 fully saturated rings. The van der Waals surface area contributed by atoms with Crippen molar-refractivity contribution < 1.29 is 4.74 Å². The molecule has 0 spiro atoms. The summed E-state index contributed by atoms with van der Waals surface area (Å²) in [5, 5.41) is 11.1. The number of fused-ring (bicyclic) bond motifs is 1. The highest BCUT2D eigenvalue weighted by atomic mass is 16.5. The van der Waals surface area contributed by atoms with Crippen LogP contribution in [0.1, 0.15) is 42.1 Å². The van der Waals surface area contributed by atoms with Gasteiger partial charge in [-0.05, 0) is 55.7 Å². The number of benzene rings is 1. The summed E-state index contributed by atoms with van der Waals surface area (Å²) in [5.74, 6) is 0. The van der Waals surface area contributed by atoms with Crippen molar-refractivity contribution in [1.82, 2.24) is 9.97 Å². The normalized spacial score (nSPS) is 13.3. The van der Waals surface area contributed by atoms with Gasteiger partial charge >= 0.3 is 0 Å². The van der Waals surface area contributed by atoms with Gasteiger partial charge in [-0.15, -0.1) is 0 Å². The van der Waals surface area contributed by atoms with Crippen molar-refractivity contribution in [3.05, 3.63) is 70.7 Å². The van der Waals surface area contributed by atoms with Crippen LogP contribution < -0.4 is 0 Å². The Morgan fingerprint density at radius 1 is 1.11 bits per heavy atom. The molecule has 0 saturated carbocycles. The standard InChI is InChI=1S/C23H25N3O/c1-5-17-11-18-9-10-19(12-22(18)25-16(17)2)23(3,15-24)13-20-7-6-8-21(26-20)14-27-4/h6-12H,5,13-14H2,1-4H3. The highest BCUT2D eigenvalue weighted by Gasteiger charge is 2.28. The van der Waals surface area contributed by atoms with E-state index in [9.17, 15) is 5.26 Å². The van der Waals surface area contributed by atoms with Gasteiger partial charge in [-0.2, -0.15) is 5.26 Å². The van der Waals surface area contributed by atoms with Crippen LogP contribution in [0.3, 0.4) is 0 Å². The molecule has 0 N–H and O–H groups in total. The number of ether oxygens (including phenoxy) is 1. The molecule has 138 valence electrons. The van der Waals surface area contributed by atoms with Crippen molar-refractivity contribution in [3.63, 3.8) is 0 Å². The Morgan fingerprint density at radius 2 is 1.89 bits per heavy atom. The smallest absolute Gasteiger partial charge is 0.0884 e. The summed E-state index contributed by atoms with van der Waals surface area (Å²) in [6.07, 6.45) is 1.51. The number of nitriles is 1. The van der Waals surface area contributed by atoms with Crippen LogP contribution >= 0.6 is 0 Å². The fourth-order valence-electron chi connectivity index (χ4n) is 3.43. The number of aryl methyl sites for hydroxylation is 2. The lowest BCUT2D eigenvalue weighted by Gasteiger charge is -2.22. The van der Waals surface area contributed by atoms with E-state index in [-0.39, 0.29) is 0 Å². The van der Waals surface area contributed by atoms with E-state index in [1.54, 1.807) is 7.11 Å². The molecular weight excluding hydrogens is 334 g/mol. The number of hydrogen-bond donors (Lipinski definition) is 0. The maximum Gasteiger partial charge on any atom is 0.0884 e. The van der Waals surface area contributed by atoms with Crippen molar-refractivity contribution >= 4 is 10.9 Å². The molecule has 27 heavy (non-hydrogen) atoms. The Balaban J connectivity index is 1.98. The van der Waals surface area contributed by atoms with Crippen LogP contribution in [-0.2, 0) is 29.6 Å². The molecular formula is C23H25N3O. The van der Waals surface area contributed by atoms with E-state index in [1.165, 1.54) is 5.56 Å². The Bertz CT molecular complexity index is 1010. The van der Waals surface area contributed by atoms with Crippen LogP contribution in [-0.4, -0.2) is 17.1 Å². The molecule has 3 rings (SSSR count). The molecule has 2 heterocycles. The number of rotatable bonds is 6. The van der Waals surface area contributed by atoms with E-state index < -0.39 is 5.41 Å². The minimum absolute atomic E-state index is 0.468. The van der Waals surface area contributed by atoms with E-state index in [0.717, 1.165) is 40.0 Å². The van der Waals surface area contributed by atoms with Gasteiger partial charge in [0.25, 0.3) is 0 Å². The first kappa shape index (κ1) is 19.0. The summed E-state index contributed by atoms with van der Waals surface area (Å²) < 4.78 is 5.17. The van der Waals surface area contributed by atoms with E-state index in [0.29, 0.717) is 13.0 Å². The largest absolute Gasteiger partial charge is 0.378 e. The average molecular weight is 359 g/mol. The fourth-order valence-corrected chi connectivity index (χ4v) is 3.43. The van der Waals surface area contributed by atoms with Gasteiger partial charge < -0.3 is 4.74 Å². The SMILES string of the molecule is CCc1cc2ccc(C(C)(C#N)Cc3cccc(COC)n3)cc2nc1C. The topological polar surface area (TPSA) is 58.8 Å². The molecule has 1 unspecified atom stereocenters. The molecule has 0 radical (unpaired) electrons. The third-order valence-electron chi connectivity index (χ3n) is 5.07. The Labute approximate surface area is 160 Å². The summed E-state index contributed by atoms with van der Waals surface area (Å²) >= 11 is 0. The van der Waals surface area contributed by atoms with E-state index >= 15 is 0 Å². The molecule has 0 aliphatic carbocycles. The number of methoxy groups -OCH3 is 1. The highest BCUT2D eigenvalue weighted by Crippen LogP contribution is 2.30. The summed E-state index contributed by atoms with van der Waals surface area (Å²) in [6, 6.07) is 16.7. The zero-order valence-corrected chi connectivity index (χ0v) is 16.4. The molecule has 0 aliphatic rings. The van der Waals surface area contributed by atoms with E-state index in [1.807, 2.05) is 44.2 Å². The number of nitrogens with zero attached hydrogens (tertiary/aromatic N) is 3. The summed E-state index contributed by atoms with van der Waals surface area (Å²) in [7, 11) is 1.65. The van der Waals surface area contributed by atoms with Crippen LogP contribution in [0.2, 0.25) is 0 Å². The average Bonchev–Trinajstić information content (AvgIpc) is 2.67. The first-order valence-corrected chi connectivity index (χ1v) is 9.25. The molecule has 1 atom stereocenters. The number of aromatic nitrogens is 2. The number of hydrogen-bond acceptors (Lipinski definition) is 4. The minimum atomic E-state index is -0.675. The van der Waals surface area contributed by atoms with Crippen LogP contribution in [0.4, 0.5) is 0 Å². The monoisotopic (exact) mass is 359 g/mol.